The van der Waals surface area contributed by atoms with Gasteiger partial charge in [-0.3, -0.25) is 4.79 Å². The topological polar surface area (TPSA) is 32.3 Å². The van der Waals surface area contributed by atoms with Gasteiger partial charge in [-0.2, -0.15) is 0 Å². The highest BCUT2D eigenvalue weighted by molar-refractivity contribution is 5.95. The summed E-state index contributed by atoms with van der Waals surface area (Å²) in [6.07, 6.45) is 2.89. The van der Waals surface area contributed by atoms with E-state index in [1.54, 1.807) is 0 Å². The van der Waals surface area contributed by atoms with Crippen LogP contribution in [0.4, 0.5) is 0 Å². The van der Waals surface area contributed by atoms with E-state index < -0.39 is 0 Å². The number of amides is 1. The first-order valence-electron chi connectivity index (χ1n) is 8.35. The van der Waals surface area contributed by atoms with E-state index in [1.807, 2.05) is 36.2 Å². The lowest BCUT2D eigenvalue weighted by Crippen LogP contribution is -2.38. The van der Waals surface area contributed by atoms with E-state index >= 15 is 0 Å². The molecule has 0 bridgehead atoms. The first kappa shape index (κ1) is 18.5. The first-order chi connectivity index (χ1) is 11.3. The minimum absolute atomic E-state index is 0. The number of carbonyl (C=O) groups excluding carboxylic acids is 1. The minimum Gasteiger partial charge on any atom is -0.337 e. The number of hydrogen-bond donors (Lipinski definition) is 1. The fourth-order valence-electron chi connectivity index (χ4n) is 3.20. The van der Waals surface area contributed by atoms with E-state index in [1.165, 1.54) is 5.56 Å². The first-order valence-corrected chi connectivity index (χ1v) is 8.35. The Kier molecular flexibility index (Phi) is 6.83. The number of nitrogens with one attached hydrogen (secondary N) is 1. The molecule has 0 radical (unpaired) electrons. The molecule has 1 atom stereocenters. The van der Waals surface area contributed by atoms with E-state index in [-0.39, 0.29) is 18.3 Å². The molecule has 1 fully saturated rings. The van der Waals surface area contributed by atoms with Gasteiger partial charge in [0.05, 0.1) is 0 Å². The zero-order valence-electron chi connectivity index (χ0n) is 14.1. The highest BCUT2D eigenvalue weighted by Gasteiger charge is 2.25. The van der Waals surface area contributed by atoms with Crippen molar-refractivity contribution in [2.75, 3.05) is 20.1 Å². The maximum absolute atomic E-state index is 12.9. The van der Waals surface area contributed by atoms with Crippen LogP contribution in [0.2, 0.25) is 0 Å². The van der Waals surface area contributed by atoms with Crippen molar-refractivity contribution in [3.63, 3.8) is 0 Å². The van der Waals surface area contributed by atoms with Gasteiger partial charge in [0.25, 0.3) is 5.91 Å². The molecule has 1 heterocycles. The van der Waals surface area contributed by atoms with E-state index in [2.05, 4.69) is 35.6 Å². The lowest BCUT2D eigenvalue weighted by molar-refractivity contribution is 0.0742. The van der Waals surface area contributed by atoms with Gasteiger partial charge in [-0.05, 0) is 43.0 Å². The normalized spacial score (nSPS) is 16.5. The van der Waals surface area contributed by atoms with Crippen molar-refractivity contribution in [1.29, 1.82) is 0 Å². The Morgan fingerprint density at radius 1 is 1.08 bits per heavy atom. The average molecular weight is 345 g/mol. The summed E-state index contributed by atoms with van der Waals surface area (Å²) in [6, 6.07) is 18.8. The second-order valence-corrected chi connectivity index (χ2v) is 6.21. The third-order valence-corrected chi connectivity index (χ3v) is 4.68. The highest BCUT2D eigenvalue weighted by Crippen LogP contribution is 2.17. The molecule has 3 nitrogen and oxygen atoms in total. The SMILES string of the molecule is CN(C(=O)c1ccccc1CCc1ccccc1)C1CCNC1.Cl. The third-order valence-electron chi connectivity index (χ3n) is 4.68. The van der Waals surface area contributed by atoms with Gasteiger partial charge in [-0.25, -0.2) is 0 Å². The van der Waals surface area contributed by atoms with Crippen molar-refractivity contribution in [2.45, 2.75) is 25.3 Å². The predicted octanol–water partition coefficient (Wildman–Crippen LogP) is 3.33. The fraction of sp³-hybridized carbons (Fsp3) is 0.350. The number of benzene rings is 2. The van der Waals surface area contributed by atoms with Crippen molar-refractivity contribution in [1.82, 2.24) is 10.2 Å². The maximum Gasteiger partial charge on any atom is 0.254 e. The quantitative estimate of drug-likeness (QED) is 0.902. The predicted molar refractivity (Wildman–Crippen MR) is 101 cm³/mol. The Hall–Kier alpha value is -1.84. The van der Waals surface area contributed by atoms with Gasteiger partial charge in [0, 0.05) is 25.2 Å². The van der Waals surface area contributed by atoms with Crippen molar-refractivity contribution in [3.05, 3.63) is 71.3 Å². The van der Waals surface area contributed by atoms with E-state index in [0.717, 1.165) is 43.5 Å². The summed E-state index contributed by atoms with van der Waals surface area (Å²) in [6.45, 7) is 1.90. The average Bonchev–Trinajstić information content (AvgIpc) is 3.14. The number of nitrogens with zero attached hydrogens (tertiary/aromatic N) is 1. The molecule has 24 heavy (non-hydrogen) atoms. The summed E-state index contributed by atoms with van der Waals surface area (Å²) >= 11 is 0. The number of rotatable bonds is 5. The number of likely N-dealkylation sites (N-methyl/N-ethyl adjacent to an activating group) is 1. The largest absolute Gasteiger partial charge is 0.337 e. The standard InChI is InChI=1S/C20H24N2O.ClH/c1-22(18-13-14-21-15-18)20(23)19-10-6-5-9-17(19)12-11-16-7-3-2-4-8-16;/h2-10,18,21H,11-15H2,1H3;1H. The van der Waals surface area contributed by atoms with Crippen LogP contribution in [0.25, 0.3) is 0 Å². The van der Waals surface area contributed by atoms with Gasteiger partial charge < -0.3 is 10.2 Å². The number of carbonyl (C=O) groups is 1. The highest BCUT2D eigenvalue weighted by atomic mass is 35.5. The monoisotopic (exact) mass is 344 g/mol. The molecule has 2 aromatic carbocycles. The number of hydrogen-bond acceptors (Lipinski definition) is 2. The molecule has 0 aliphatic carbocycles. The maximum atomic E-state index is 12.9. The molecule has 128 valence electrons. The Balaban J connectivity index is 0.00000208. The molecule has 1 N–H and O–H groups in total. The van der Waals surface area contributed by atoms with Gasteiger partial charge in [0.2, 0.25) is 0 Å². The molecular weight excluding hydrogens is 320 g/mol. The number of halogens is 1. The second kappa shape index (κ2) is 8.86. The summed E-state index contributed by atoms with van der Waals surface area (Å²) in [5, 5.41) is 3.33. The Labute approximate surface area is 150 Å². The van der Waals surface area contributed by atoms with Gasteiger partial charge in [-0.15, -0.1) is 12.4 Å². The number of aryl methyl sites for hydroxylation is 2. The zero-order chi connectivity index (χ0) is 16.1. The Morgan fingerprint density at radius 2 is 1.79 bits per heavy atom. The molecule has 1 aliphatic heterocycles. The molecule has 0 spiro atoms. The molecule has 0 saturated carbocycles. The molecule has 2 aromatic rings. The van der Waals surface area contributed by atoms with Crippen molar-refractivity contribution in [2.24, 2.45) is 0 Å². The van der Waals surface area contributed by atoms with Crippen LogP contribution in [0.15, 0.2) is 54.6 Å². The van der Waals surface area contributed by atoms with Gasteiger partial charge in [0.1, 0.15) is 0 Å². The second-order valence-electron chi connectivity index (χ2n) is 6.21. The lowest BCUT2D eigenvalue weighted by atomic mass is 9.98. The summed E-state index contributed by atoms with van der Waals surface area (Å²) in [4.78, 5) is 14.8. The summed E-state index contributed by atoms with van der Waals surface area (Å²) < 4.78 is 0. The van der Waals surface area contributed by atoms with Crippen molar-refractivity contribution >= 4 is 18.3 Å². The lowest BCUT2D eigenvalue weighted by Gasteiger charge is -2.25. The van der Waals surface area contributed by atoms with Gasteiger partial charge in [0.15, 0.2) is 0 Å². The van der Waals surface area contributed by atoms with Crippen LogP contribution in [0.3, 0.4) is 0 Å². The van der Waals surface area contributed by atoms with Gasteiger partial charge >= 0.3 is 0 Å². The van der Waals surface area contributed by atoms with E-state index in [0.29, 0.717) is 6.04 Å². The molecule has 1 aliphatic rings. The molecule has 1 unspecified atom stereocenters. The molecular formula is C20H25ClN2O. The molecule has 0 aromatic heterocycles. The fourth-order valence-corrected chi connectivity index (χ4v) is 3.20. The Bertz CT molecular complexity index is 654. The third kappa shape index (κ3) is 4.37. The van der Waals surface area contributed by atoms with Crippen LogP contribution in [-0.4, -0.2) is 37.0 Å². The smallest absolute Gasteiger partial charge is 0.254 e. The Morgan fingerprint density at radius 3 is 2.50 bits per heavy atom. The van der Waals surface area contributed by atoms with Crippen molar-refractivity contribution < 1.29 is 4.79 Å². The van der Waals surface area contributed by atoms with Crippen LogP contribution >= 0.6 is 12.4 Å². The van der Waals surface area contributed by atoms with Crippen LogP contribution in [0.5, 0.6) is 0 Å². The van der Waals surface area contributed by atoms with Crippen LogP contribution in [0, 0.1) is 0 Å². The molecule has 1 amide bonds. The van der Waals surface area contributed by atoms with Crippen molar-refractivity contribution in [3.8, 4) is 0 Å². The summed E-state index contributed by atoms with van der Waals surface area (Å²) in [5.41, 5.74) is 3.29. The molecule has 3 rings (SSSR count). The van der Waals surface area contributed by atoms with E-state index in [9.17, 15) is 4.79 Å². The summed E-state index contributed by atoms with van der Waals surface area (Å²) in [7, 11) is 1.92. The molecule has 4 heteroatoms. The zero-order valence-corrected chi connectivity index (χ0v) is 14.9. The van der Waals surface area contributed by atoms with Crippen LogP contribution in [0.1, 0.15) is 27.9 Å². The summed E-state index contributed by atoms with van der Waals surface area (Å²) in [5.74, 6) is 0.141. The molecule has 1 saturated heterocycles. The van der Waals surface area contributed by atoms with Crippen LogP contribution in [-0.2, 0) is 12.8 Å². The minimum atomic E-state index is 0. The van der Waals surface area contributed by atoms with Crippen LogP contribution < -0.4 is 5.32 Å². The van der Waals surface area contributed by atoms with Gasteiger partial charge in [-0.1, -0.05) is 48.5 Å². The van der Waals surface area contributed by atoms with E-state index in [4.69, 9.17) is 0 Å².